The van der Waals surface area contributed by atoms with Gasteiger partial charge in [0, 0.05) is 31.2 Å². The van der Waals surface area contributed by atoms with E-state index in [9.17, 15) is 4.79 Å². The van der Waals surface area contributed by atoms with E-state index in [1.165, 1.54) is 16.9 Å². The van der Waals surface area contributed by atoms with Gasteiger partial charge in [0.05, 0.1) is 29.9 Å². The molecule has 1 aliphatic rings. The third kappa shape index (κ3) is 5.47. The van der Waals surface area contributed by atoms with E-state index >= 15 is 0 Å². The van der Waals surface area contributed by atoms with Gasteiger partial charge in [-0.25, -0.2) is 4.98 Å². The largest absolute Gasteiger partial charge is 0.379 e. The number of nitrogens with zero attached hydrogens (tertiary/aromatic N) is 3. The summed E-state index contributed by atoms with van der Waals surface area (Å²) in [4.78, 5) is 22.4. The van der Waals surface area contributed by atoms with E-state index in [4.69, 9.17) is 21.3 Å². The lowest BCUT2D eigenvalue weighted by Gasteiger charge is -2.29. The van der Waals surface area contributed by atoms with Crippen LogP contribution in [0.15, 0.2) is 72.8 Å². The van der Waals surface area contributed by atoms with Gasteiger partial charge in [-0.3, -0.25) is 14.6 Å². The number of anilines is 1. The second kappa shape index (κ2) is 10.7. The predicted molar refractivity (Wildman–Crippen MR) is 140 cm³/mol. The van der Waals surface area contributed by atoms with Crippen LogP contribution < -0.4 is 4.90 Å². The number of rotatable bonds is 7. The van der Waals surface area contributed by atoms with E-state index in [2.05, 4.69) is 29.2 Å². The lowest BCUT2D eigenvalue weighted by molar-refractivity contribution is -0.118. The zero-order valence-electron chi connectivity index (χ0n) is 18.8. The van der Waals surface area contributed by atoms with Gasteiger partial charge in [-0.2, -0.15) is 0 Å². The smallest absolute Gasteiger partial charge is 0.233 e. The Kier molecular flexibility index (Phi) is 7.21. The molecule has 1 aromatic heterocycles. The van der Waals surface area contributed by atoms with Gasteiger partial charge in [-0.1, -0.05) is 77.5 Å². The second-order valence-electron chi connectivity index (χ2n) is 8.35. The van der Waals surface area contributed by atoms with Gasteiger partial charge >= 0.3 is 0 Å². The van der Waals surface area contributed by atoms with E-state index in [1.54, 1.807) is 0 Å². The highest BCUT2D eigenvalue weighted by Crippen LogP contribution is 2.31. The minimum atomic E-state index is 0.0471. The number of hydrogen-bond acceptors (Lipinski definition) is 5. The zero-order chi connectivity index (χ0) is 23.3. The van der Waals surface area contributed by atoms with Crippen molar-refractivity contribution in [1.82, 2.24) is 9.88 Å². The molecule has 0 N–H and O–H groups in total. The molecule has 3 aromatic carbocycles. The average molecular weight is 492 g/mol. The minimum absolute atomic E-state index is 0.0471. The first kappa shape index (κ1) is 23.0. The van der Waals surface area contributed by atoms with Gasteiger partial charge in [0.15, 0.2) is 5.13 Å². The summed E-state index contributed by atoms with van der Waals surface area (Å²) < 4.78 is 6.45. The number of hydrogen-bond donors (Lipinski definition) is 0. The highest BCUT2D eigenvalue weighted by Gasteiger charge is 2.22. The van der Waals surface area contributed by atoms with Crippen molar-refractivity contribution in [3.63, 3.8) is 0 Å². The van der Waals surface area contributed by atoms with E-state index in [-0.39, 0.29) is 5.91 Å². The van der Waals surface area contributed by atoms with Crippen molar-refractivity contribution >= 4 is 44.2 Å². The molecule has 0 unspecified atom stereocenters. The maximum absolute atomic E-state index is 13.5. The van der Waals surface area contributed by atoms with E-state index in [1.807, 2.05) is 53.4 Å². The summed E-state index contributed by atoms with van der Waals surface area (Å²) in [6, 6.07) is 24.1. The Morgan fingerprint density at radius 3 is 2.50 bits per heavy atom. The summed E-state index contributed by atoms with van der Waals surface area (Å²) in [5.41, 5.74) is 4.16. The molecule has 2 heterocycles. The van der Waals surface area contributed by atoms with Crippen LogP contribution in [0.3, 0.4) is 0 Å². The normalized spacial score (nSPS) is 14.4. The maximum Gasteiger partial charge on any atom is 0.233 e. The number of morpholine rings is 1. The fourth-order valence-corrected chi connectivity index (χ4v) is 5.40. The van der Waals surface area contributed by atoms with Crippen molar-refractivity contribution in [1.29, 1.82) is 0 Å². The van der Waals surface area contributed by atoms with Crippen LogP contribution in [-0.2, 0) is 16.0 Å². The van der Waals surface area contributed by atoms with Gasteiger partial charge in [0.25, 0.3) is 0 Å². The van der Waals surface area contributed by atoms with E-state index in [0.717, 1.165) is 59.3 Å². The lowest BCUT2D eigenvalue weighted by atomic mass is 10.0. The van der Waals surface area contributed by atoms with Crippen LogP contribution in [-0.4, -0.2) is 55.2 Å². The molecule has 0 bridgehead atoms. The van der Waals surface area contributed by atoms with Gasteiger partial charge in [-0.05, 0) is 34.9 Å². The molecule has 5 rings (SSSR count). The summed E-state index contributed by atoms with van der Waals surface area (Å²) in [7, 11) is 0. The number of ether oxygens (including phenoxy) is 1. The average Bonchev–Trinajstić information content (AvgIpc) is 3.28. The van der Waals surface area contributed by atoms with Gasteiger partial charge in [0.2, 0.25) is 5.91 Å². The Balaban J connectivity index is 1.35. The van der Waals surface area contributed by atoms with E-state index in [0.29, 0.717) is 18.0 Å². The van der Waals surface area contributed by atoms with Crippen LogP contribution >= 0.6 is 22.9 Å². The number of benzene rings is 3. The molecular weight excluding hydrogens is 466 g/mol. The van der Waals surface area contributed by atoms with Crippen molar-refractivity contribution in [2.75, 3.05) is 44.3 Å². The number of carbonyl (C=O) groups excluding carboxylic acids is 1. The van der Waals surface area contributed by atoms with Crippen LogP contribution in [0, 0.1) is 0 Å². The Bertz CT molecular complexity index is 1250. The molecule has 174 valence electrons. The molecule has 1 fully saturated rings. The van der Waals surface area contributed by atoms with Gasteiger partial charge < -0.3 is 4.74 Å². The third-order valence-corrected chi connectivity index (χ3v) is 7.31. The maximum atomic E-state index is 13.5. The Hall–Kier alpha value is -2.77. The van der Waals surface area contributed by atoms with Crippen molar-refractivity contribution in [2.24, 2.45) is 0 Å². The molecule has 5 nitrogen and oxygen atoms in total. The molecule has 0 spiro atoms. The zero-order valence-corrected chi connectivity index (χ0v) is 20.4. The van der Waals surface area contributed by atoms with Crippen molar-refractivity contribution in [3.8, 4) is 11.1 Å². The molecule has 0 radical (unpaired) electrons. The summed E-state index contributed by atoms with van der Waals surface area (Å²) >= 11 is 7.69. The van der Waals surface area contributed by atoms with Crippen molar-refractivity contribution < 1.29 is 9.53 Å². The molecule has 0 saturated carbocycles. The minimum Gasteiger partial charge on any atom is -0.379 e. The summed E-state index contributed by atoms with van der Waals surface area (Å²) in [6.45, 7) is 4.63. The predicted octanol–water partition coefficient (Wildman–Crippen LogP) is 5.52. The molecule has 1 amide bonds. The highest BCUT2D eigenvalue weighted by molar-refractivity contribution is 7.22. The van der Waals surface area contributed by atoms with Gasteiger partial charge in [-0.15, -0.1) is 0 Å². The molecule has 0 aliphatic carbocycles. The number of thiazole rings is 1. The third-order valence-electron chi connectivity index (χ3n) is 6.03. The molecule has 4 aromatic rings. The quantitative estimate of drug-likeness (QED) is 0.341. The number of aromatic nitrogens is 1. The highest BCUT2D eigenvalue weighted by atomic mass is 35.5. The molecule has 1 aliphatic heterocycles. The standard InChI is InChI=1S/C27H26ClN3O2S/c28-23-10-11-24-25(19-23)34-27(29-24)31(13-12-30-14-16-33-17-15-30)26(32)18-20-6-8-22(9-7-20)21-4-2-1-3-5-21/h1-11,19H,12-18H2. The number of amides is 1. The second-order valence-corrected chi connectivity index (χ2v) is 9.79. The number of carbonyl (C=O) groups is 1. The Labute approximate surface area is 208 Å². The molecule has 34 heavy (non-hydrogen) atoms. The SMILES string of the molecule is O=C(Cc1ccc(-c2ccccc2)cc1)N(CCN1CCOCC1)c1nc2ccc(Cl)cc2s1. The van der Waals surface area contributed by atoms with Crippen LogP contribution in [0.5, 0.6) is 0 Å². The first-order valence-electron chi connectivity index (χ1n) is 11.5. The van der Waals surface area contributed by atoms with Crippen LogP contribution in [0.25, 0.3) is 21.3 Å². The topological polar surface area (TPSA) is 45.7 Å². The first-order valence-corrected chi connectivity index (χ1v) is 12.7. The summed E-state index contributed by atoms with van der Waals surface area (Å²) in [6.07, 6.45) is 0.328. The monoisotopic (exact) mass is 491 g/mol. The van der Waals surface area contributed by atoms with Crippen molar-refractivity contribution in [3.05, 3.63) is 83.4 Å². The fraction of sp³-hybridized carbons (Fsp3) is 0.259. The molecule has 0 atom stereocenters. The van der Waals surface area contributed by atoms with Crippen molar-refractivity contribution in [2.45, 2.75) is 6.42 Å². The summed E-state index contributed by atoms with van der Waals surface area (Å²) in [5.74, 6) is 0.0471. The van der Waals surface area contributed by atoms with E-state index < -0.39 is 0 Å². The molecule has 1 saturated heterocycles. The fourth-order valence-electron chi connectivity index (χ4n) is 4.11. The van der Waals surface area contributed by atoms with Crippen LogP contribution in [0.2, 0.25) is 5.02 Å². The molecular formula is C27H26ClN3O2S. The summed E-state index contributed by atoms with van der Waals surface area (Å²) in [5, 5.41) is 1.39. The Morgan fingerprint density at radius 1 is 1.00 bits per heavy atom. The number of fused-ring (bicyclic) bond motifs is 1. The lowest BCUT2D eigenvalue weighted by Crippen LogP contribution is -2.43. The van der Waals surface area contributed by atoms with Gasteiger partial charge in [0.1, 0.15) is 0 Å². The molecule has 7 heteroatoms. The number of halogens is 1. The first-order chi connectivity index (χ1) is 16.7. The van der Waals surface area contributed by atoms with Crippen LogP contribution in [0.4, 0.5) is 5.13 Å². The Morgan fingerprint density at radius 2 is 1.74 bits per heavy atom. The van der Waals surface area contributed by atoms with Crippen LogP contribution in [0.1, 0.15) is 5.56 Å².